The number of aliphatic hydroxyl groups excluding tert-OH is 1. The SMILES string of the molecule is COc1ccc2c(CO)ccc(C[C@H](N)[C@H]3CC[C@H](NC/C=C/c4cc(F)ccc4F)CC3)c2n1. The van der Waals surface area contributed by atoms with Crippen molar-refractivity contribution >= 4 is 17.0 Å². The first-order chi connectivity index (χ1) is 17.0. The van der Waals surface area contributed by atoms with Crippen molar-refractivity contribution in [3.63, 3.8) is 0 Å². The number of aromatic nitrogens is 1. The Labute approximate surface area is 205 Å². The molecule has 3 aromatic rings. The number of methoxy groups -OCH3 is 1. The Hall–Kier alpha value is -2.87. The third kappa shape index (κ3) is 6.23. The molecule has 1 heterocycles. The standard InChI is InChI=1S/C28H33F2N3O2/c1-35-27-13-11-24-21(17-34)5-4-20(28(24)33-27)16-26(31)18-6-9-23(10-7-18)32-14-2-3-19-15-22(29)8-12-25(19)30/h2-5,8,11-13,15,18,23,26,32,34H,6-7,9-10,14,16-17,31H2,1H3/b3-2+/t18-,23-,26-/m0/s1. The Bertz CT molecular complexity index is 1180. The molecule has 1 aliphatic rings. The minimum atomic E-state index is -0.444. The number of nitrogens with zero attached hydrogens (tertiary/aromatic N) is 1. The van der Waals surface area contributed by atoms with Crippen LogP contribution in [0.15, 0.2) is 48.5 Å². The van der Waals surface area contributed by atoms with Gasteiger partial charge < -0.3 is 20.9 Å². The van der Waals surface area contributed by atoms with E-state index in [4.69, 9.17) is 10.5 Å². The lowest BCUT2D eigenvalue weighted by Gasteiger charge is -2.32. The highest BCUT2D eigenvalue weighted by molar-refractivity contribution is 5.85. The van der Waals surface area contributed by atoms with Gasteiger partial charge in [-0.3, -0.25) is 0 Å². The van der Waals surface area contributed by atoms with Crippen LogP contribution in [0.2, 0.25) is 0 Å². The van der Waals surface area contributed by atoms with E-state index in [9.17, 15) is 13.9 Å². The van der Waals surface area contributed by atoms with E-state index in [1.165, 1.54) is 6.07 Å². The van der Waals surface area contributed by atoms with Crippen molar-refractivity contribution in [2.45, 2.75) is 50.8 Å². The normalized spacial score (nSPS) is 19.3. The maximum absolute atomic E-state index is 13.7. The van der Waals surface area contributed by atoms with Gasteiger partial charge in [-0.25, -0.2) is 13.8 Å². The van der Waals surface area contributed by atoms with Crippen LogP contribution in [0.3, 0.4) is 0 Å². The monoisotopic (exact) mass is 481 g/mol. The smallest absolute Gasteiger partial charge is 0.213 e. The maximum atomic E-state index is 13.7. The van der Waals surface area contributed by atoms with E-state index in [0.29, 0.717) is 30.8 Å². The molecule has 2 aromatic carbocycles. The van der Waals surface area contributed by atoms with E-state index in [0.717, 1.165) is 59.8 Å². The van der Waals surface area contributed by atoms with E-state index in [2.05, 4.69) is 10.3 Å². The highest BCUT2D eigenvalue weighted by Crippen LogP contribution is 2.30. The highest BCUT2D eigenvalue weighted by Gasteiger charge is 2.26. The van der Waals surface area contributed by atoms with Crippen LogP contribution in [-0.4, -0.2) is 35.8 Å². The average Bonchev–Trinajstić information content (AvgIpc) is 2.88. The summed E-state index contributed by atoms with van der Waals surface area (Å²) in [6, 6.07) is 11.6. The minimum absolute atomic E-state index is 0.0166. The van der Waals surface area contributed by atoms with Crippen molar-refractivity contribution in [1.82, 2.24) is 10.3 Å². The summed E-state index contributed by atoms with van der Waals surface area (Å²) < 4.78 is 32.3. The molecule has 0 unspecified atom stereocenters. The molecule has 1 aromatic heterocycles. The van der Waals surface area contributed by atoms with Crippen LogP contribution >= 0.6 is 0 Å². The zero-order chi connectivity index (χ0) is 24.8. The molecule has 1 saturated carbocycles. The van der Waals surface area contributed by atoms with E-state index in [-0.39, 0.29) is 18.2 Å². The molecule has 186 valence electrons. The summed E-state index contributed by atoms with van der Waals surface area (Å²) >= 11 is 0. The van der Waals surface area contributed by atoms with Crippen LogP contribution in [-0.2, 0) is 13.0 Å². The Morgan fingerprint density at radius 3 is 2.63 bits per heavy atom. The highest BCUT2D eigenvalue weighted by atomic mass is 19.1. The topological polar surface area (TPSA) is 80.4 Å². The molecule has 0 bridgehead atoms. The fourth-order valence-electron chi connectivity index (χ4n) is 4.97. The molecule has 0 aliphatic heterocycles. The molecule has 4 N–H and O–H groups in total. The summed E-state index contributed by atoms with van der Waals surface area (Å²) in [5.41, 5.74) is 9.67. The lowest BCUT2D eigenvalue weighted by molar-refractivity contribution is 0.261. The Balaban J connectivity index is 1.31. The van der Waals surface area contributed by atoms with Gasteiger partial charge in [-0.05, 0) is 73.4 Å². The molecule has 1 fully saturated rings. The summed E-state index contributed by atoms with van der Waals surface area (Å²) in [6.45, 7) is 0.564. The second kappa shape index (κ2) is 11.7. The number of pyridine rings is 1. The number of aliphatic hydroxyl groups is 1. The first kappa shape index (κ1) is 25.2. The number of fused-ring (bicyclic) bond motifs is 1. The van der Waals surface area contributed by atoms with Crippen LogP contribution in [0, 0.1) is 17.6 Å². The van der Waals surface area contributed by atoms with Gasteiger partial charge in [0.15, 0.2) is 0 Å². The van der Waals surface area contributed by atoms with Gasteiger partial charge in [0, 0.05) is 35.6 Å². The fourth-order valence-corrected chi connectivity index (χ4v) is 4.97. The lowest BCUT2D eigenvalue weighted by Crippen LogP contribution is -2.39. The second-order valence-corrected chi connectivity index (χ2v) is 9.25. The van der Waals surface area contributed by atoms with Crippen molar-refractivity contribution < 1.29 is 18.6 Å². The van der Waals surface area contributed by atoms with E-state index in [1.807, 2.05) is 30.3 Å². The van der Waals surface area contributed by atoms with Gasteiger partial charge in [-0.1, -0.05) is 24.3 Å². The van der Waals surface area contributed by atoms with Crippen LogP contribution in [0.4, 0.5) is 8.78 Å². The summed E-state index contributed by atoms with van der Waals surface area (Å²) in [5, 5.41) is 14.1. The minimum Gasteiger partial charge on any atom is -0.481 e. The number of nitrogens with two attached hydrogens (primary N) is 1. The Morgan fingerprint density at radius 2 is 1.89 bits per heavy atom. The molecule has 0 saturated heterocycles. The fraction of sp³-hybridized carbons (Fsp3) is 0.393. The van der Waals surface area contributed by atoms with Gasteiger partial charge in [0.05, 0.1) is 19.2 Å². The number of rotatable bonds is 9. The molecule has 7 heteroatoms. The van der Waals surface area contributed by atoms with Crippen LogP contribution in [0.1, 0.15) is 42.4 Å². The van der Waals surface area contributed by atoms with Crippen LogP contribution < -0.4 is 15.8 Å². The largest absolute Gasteiger partial charge is 0.481 e. The summed E-state index contributed by atoms with van der Waals surface area (Å²) in [5.74, 6) is 0.0943. The van der Waals surface area contributed by atoms with Crippen molar-refractivity contribution in [1.29, 1.82) is 0 Å². The quantitative estimate of drug-likeness (QED) is 0.411. The van der Waals surface area contributed by atoms with Gasteiger partial charge in [-0.15, -0.1) is 0 Å². The third-order valence-electron chi connectivity index (χ3n) is 7.00. The predicted octanol–water partition coefficient (Wildman–Crippen LogP) is 4.75. The number of halogens is 2. The molecular formula is C28H33F2N3O2. The molecule has 1 atom stereocenters. The van der Waals surface area contributed by atoms with Crippen molar-refractivity contribution in [3.8, 4) is 5.88 Å². The first-order valence-electron chi connectivity index (χ1n) is 12.2. The van der Waals surface area contributed by atoms with Gasteiger partial charge >= 0.3 is 0 Å². The summed E-state index contributed by atoms with van der Waals surface area (Å²) in [7, 11) is 1.59. The van der Waals surface area contributed by atoms with Gasteiger partial charge in [0.2, 0.25) is 5.88 Å². The molecule has 5 nitrogen and oxygen atoms in total. The molecule has 4 rings (SSSR count). The number of hydrogen-bond donors (Lipinski definition) is 3. The second-order valence-electron chi connectivity index (χ2n) is 9.25. The van der Waals surface area contributed by atoms with E-state index in [1.54, 1.807) is 13.2 Å². The summed E-state index contributed by atoms with van der Waals surface area (Å²) in [6.07, 6.45) is 8.27. The van der Waals surface area contributed by atoms with Gasteiger partial charge in [0.25, 0.3) is 0 Å². The van der Waals surface area contributed by atoms with Gasteiger partial charge in [-0.2, -0.15) is 0 Å². The zero-order valence-electron chi connectivity index (χ0n) is 20.0. The van der Waals surface area contributed by atoms with Crippen LogP contribution in [0.25, 0.3) is 17.0 Å². The average molecular weight is 482 g/mol. The molecule has 0 radical (unpaired) electrons. The Kier molecular flexibility index (Phi) is 8.44. The van der Waals surface area contributed by atoms with Crippen molar-refractivity contribution in [2.24, 2.45) is 11.7 Å². The van der Waals surface area contributed by atoms with Crippen molar-refractivity contribution in [3.05, 3.63) is 76.9 Å². The molecule has 0 spiro atoms. The molecule has 35 heavy (non-hydrogen) atoms. The number of ether oxygens (including phenoxy) is 1. The number of benzene rings is 2. The third-order valence-corrected chi connectivity index (χ3v) is 7.00. The molecule has 0 amide bonds. The van der Waals surface area contributed by atoms with Crippen LogP contribution in [0.5, 0.6) is 5.88 Å². The van der Waals surface area contributed by atoms with E-state index < -0.39 is 11.6 Å². The maximum Gasteiger partial charge on any atom is 0.213 e. The first-order valence-corrected chi connectivity index (χ1v) is 12.2. The van der Waals surface area contributed by atoms with Gasteiger partial charge in [0.1, 0.15) is 11.6 Å². The summed E-state index contributed by atoms with van der Waals surface area (Å²) in [4.78, 5) is 4.64. The molecule has 1 aliphatic carbocycles. The molecular weight excluding hydrogens is 448 g/mol. The van der Waals surface area contributed by atoms with E-state index >= 15 is 0 Å². The zero-order valence-corrected chi connectivity index (χ0v) is 20.0. The Morgan fingerprint density at radius 1 is 1.11 bits per heavy atom. The van der Waals surface area contributed by atoms with Crippen molar-refractivity contribution in [2.75, 3.05) is 13.7 Å². The predicted molar refractivity (Wildman–Crippen MR) is 135 cm³/mol. The number of nitrogens with one attached hydrogen (secondary N) is 1. The number of hydrogen-bond acceptors (Lipinski definition) is 5. The lowest BCUT2D eigenvalue weighted by atomic mass is 9.79.